The molecule has 0 bridgehead atoms. The van der Waals surface area contributed by atoms with Gasteiger partial charge in [0.1, 0.15) is 11.6 Å². The molecule has 2 nitrogen and oxygen atoms in total. The van der Waals surface area contributed by atoms with Crippen molar-refractivity contribution in [1.29, 1.82) is 0 Å². The van der Waals surface area contributed by atoms with Crippen molar-refractivity contribution >= 4 is 0 Å². The Morgan fingerprint density at radius 3 is 2.45 bits per heavy atom. The molecule has 20 heavy (non-hydrogen) atoms. The Labute approximate surface area is 116 Å². The van der Waals surface area contributed by atoms with Gasteiger partial charge in [0.15, 0.2) is 11.6 Å². The van der Waals surface area contributed by atoms with Crippen LogP contribution in [0.5, 0.6) is 11.5 Å². The highest BCUT2D eigenvalue weighted by atomic mass is 19.1. The number of rotatable bonds is 5. The van der Waals surface area contributed by atoms with Gasteiger partial charge in [-0.3, -0.25) is 0 Å². The van der Waals surface area contributed by atoms with Crippen LogP contribution in [0.2, 0.25) is 0 Å². The van der Waals surface area contributed by atoms with E-state index in [9.17, 15) is 8.78 Å². The van der Waals surface area contributed by atoms with E-state index in [1.54, 1.807) is 6.07 Å². The fourth-order valence-corrected chi connectivity index (χ4v) is 1.92. The van der Waals surface area contributed by atoms with Gasteiger partial charge in [0.2, 0.25) is 0 Å². The predicted octanol–water partition coefficient (Wildman–Crippen LogP) is 4.01. The quantitative estimate of drug-likeness (QED) is 0.890. The Balaban J connectivity index is 1.68. The summed E-state index contributed by atoms with van der Waals surface area (Å²) in [7, 11) is 0. The van der Waals surface area contributed by atoms with E-state index in [0.717, 1.165) is 5.56 Å². The number of nitrogens with one attached hydrogen (secondary N) is 1. The predicted molar refractivity (Wildman–Crippen MR) is 72.7 cm³/mol. The second-order valence-corrected chi connectivity index (χ2v) is 4.98. The van der Waals surface area contributed by atoms with E-state index in [-0.39, 0.29) is 11.6 Å². The maximum atomic E-state index is 13.9. The van der Waals surface area contributed by atoms with Crippen molar-refractivity contribution in [2.24, 2.45) is 0 Å². The van der Waals surface area contributed by atoms with Crippen LogP contribution in [0.4, 0.5) is 8.78 Å². The maximum Gasteiger partial charge on any atom is 0.166 e. The molecule has 3 rings (SSSR count). The summed E-state index contributed by atoms with van der Waals surface area (Å²) >= 11 is 0. The van der Waals surface area contributed by atoms with Crippen molar-refractivity contribution < 1.29 is 13.5 Å². The minimum absolute atomic E-state index is 0.145. The summed E-state index contributed by atoms with van der Waals surface area (Å²) in [4.78, 5) is 0. The van der Waals surface area contributed by atoms with Crippen LogP contribution in [-0.4, -0.2) is 6.04 Å². The molecule has 0 aromatic heterocycles. The van der Waals surface area contributed by atoms with Crippen molar-refractivity contribution in [2.45, 2.75) is 25.4 Å². The van der Waals surface area contributed by atoms with Crippen molar-refractivity contribution in [3.63, 3.8) is 0 Å². The lowest BCUT2D eigenvalue weighted by Crippen LogP contribution is -2.15. The molecular formula is C16H15F2NO. The normalized spacial score (nSPS) is 14.3. The van der Waals surface area contributed by atoms with Gasteiger partial charge in [-0.15, -0.1) is 0 Å². The van der Waals surface area contributed by atoms with Crippen LogP contribution < -0.4 is 10.1 Å². The standard InChI is InChI=1S/C16H15F2NO/c17-12-2-6-14(7-3-12)20-16-8-1-11(9-15(16)18)10-19-13-4-5-13/h1-3,6-9,13,19H,4-5,10H2. The SMILES string of the molecule is Fc1ccc(Oc2ccc(CNC3CC3)cc2F)cc1. The van der Waals surface area contributed by atoms with Crippen molar-refractivity contribution in [3.8, 4) is 11.5 Å². The van der Waals surface area contributed by atoms with E-state index >= 15 is 0 Å². The van der Waals surface area contributed by atoms with Gasteiger partial charge in [-0.05, 0) is 54.8 Å². The highest BCUT2D eigenvalue weighted by molar-refractivity contribution is 5.34. The third-order valence-corrected chi connectivity index (χ3v) is 3.21. The molecular weight excluding hydrogens is 260 g/mol. The molecule has 2 aromatic carbocycles. The molecule has 0 unspecified atom stereocenters. The van der Waals surface area contributed by atoms with Gasteiger partial charge in [-0.2, -0.15) is 0 Å². The summed E-state index contributed by atoms with van der Waals surface area (Å²) < 4.78 is 32.1. The number of hydrogen-bond acceptors (Lipinski definition) is 2. The van der Waals surface area contributed by atoms with Crippen LogP contribution in [0.15, 0.2) is 42.5 Å². The number of benzene rings is 2. The molecule has 4 heteroatoms. The molecule has 0 atom stereocenters. The number of hydrogen-bond donors (Lipinski definition) is 1. The molecule has 0 spiro atoms. The highest BCUT2D eigenvalue weighted by Gasteiger charge is 2.20. The molecule has 0 aliphatic heterocycles. The van der Waals surface area contributed by atoms with Crippen molar-refractivity contribution in [3.05, 3.63) is 59.7 Å². The molecule has 1 N–H and O–H groups in total. The van der Waals surface area contributed by atoms with E-state index in [1.165, 1.54) is 43.2 Å². The molecule has 1 saturated carbocycles. The van der Waals surface area contributed by atoms with Crippen molar-refractivity contribution in [1.82, 2.24) is 5.32 Å². The lowest BCUT2D eigenvalue weighted by Gasteiger charge is -2.09. The molecule has 104 valence electrons. The van der Waals surface area contributed by atoms with Crippen molar-refractivity contribution in [2.75, 3.05) is 0 Å². The summed E-state index contributed by atoms with van der Waals surface area (Å²) in [6.45, 7) is 0.665. The summed E-state index contributed by atoms with van der Waals surface area (Å²) in [5.74, 6) is -0.204. The molecule has 2 aromatic rings. The van der Waals surface area contributed by atoms with Gasteiger partial charge < -0.3 is 10.1 Å². The molecule has 1 fully saturated rings. The van der Waals surface area contributed by atoms with Crippen LogP contribution in [0.3, 0.4) is 0 Å². The zero-order chi connectivity index (χ0) is 13.9. The molecule has 0 radical (unpaired) electrons. The van der Waals surface area contributed by atoms with E-state index in [4.69, 9.17) is 4.74 Å². The summed E-state index contributed by atoms with van der Waals surface area (Å²) in [5, 5.41) is 3.33. The zero-order valence-corrected chi connectivity index (χ0v) is 10.9. The maximum absolute atomic E-state index is 13.9. The first-order valence-corrected chi connectivity index (χ1v) is 6.66. The Morgan fingerprint density at radius 2 is 1.80 bits per heavy atom. The topological polar surface area (TPSA) is 21.3 Å². The second kappa shape index (κ2) is 5.59. The van der Waals surface area contributed by atoms with Gasteiger partial charge in [0.05, 0.1) is 0 Å². The van der Waals surface area contributed by atoms with E-state index in [0.29, 0.717) is 18.3 Å². The fourth-order valence-electron chi connectivity index (χ4n) is 1.92. The van der Waals surface area contributed by atoms with E-state index in [1.807, 2.05) is 6.07 Å². The van der Waals surface area contributed by atoms with Gasteiger partial charge in [-0.25, -0.2) is 8.78 Å². The largest absolute Gasteiger partial charge is 0.454 e. The van der Waals surface area contributed by atoms with E-state index < -0.39 is 5.82 Å². The highest BCUT2D eigenvalue weighted by Crippen LogP contribution is 2.26. The zero-order valence-electron chi connectivity index (χ0n) is 10.9. The Kier molecular flexibility index (Phi) is 3.65. The van der Waals surface area contributed by atoms with Gasteiger partial charge in [0, 0.05) is 12.6 Å². The lowest BCUT2D eigenvalue weighted by molar-refractivity contribution is 0.440. The first kappa shape index (κ1) is 13.1. The summed E-state index contributed by atoms with van der Waals surface area (Å²) in [6, 6.07) is 11.0. The van der Waals surface area contributed by atoms with Gasteiger partial charge >= 0.3 is 0 Å². The van der Waals surface area contributed by atoms with Crippen LogP contribution in [-0.2, 0) is 6.54 Å². The average molecular weight is 275 g/mol. The second-order valence-electron chi connectivity index (χ2n) is 4.98. The Morgan fingerprint density at radius 1 is 1.05 bits per heavy atom. The first-order chi connectivity index (χ1) is 9.70. The molecule has 1 aliphatic carbocycles. The monoisotopic (exact) mass is 275 g/mol. The summed E-state index contributed by atoms with van der Waals surface area (Å²) in [5.41, 5.74) is 0.890. The third-order valence-electron chi connectivity index (χ3n) is 3.21. The molecule has 0 saturated heterocycles. The molecule has 1 aliphatic rings. The molecule has 0 amide bonds. The minimum atomic E-state index is -0.413. The smallest absolute Gasteiger partial charge is 0.166 e. The number of ether oxygens (including phenoxy) is 1. The van der Waals surface area contributed by atoms with Crippen LogP contribution >= 0.6 is 0 Å². The van der Waals surface area contributed by atoms with E-state index in [2.05, 4.69) is 5.32 Å². The lowest BCUT2D eigenvalue weighted by atomic mass is 10.2. The van der Waals surface area contributed by atoms with Crippen LogP contribution in [0, 0.1) is 11.6 Å². The van der Waals surface area contributed by atoms with Crippen LogP contribution in [0.1, 0.15) is 18.4 Å². The third kappa shape index (κ3) is 3.33. The number of halogens is 2. The summed E-state index contributed by atoms with van der Waals surface area (Å²) in [6.07, 6.45) is 2.41. The van der Waals surface area contributed by atoms with Crippen LogP contribution in [0.25, 0.3) is 0 Å². The fraction of sp³-hybridized carbons (Fsp3) is 0.250. The average Bonchev–Trinajstić information content (AvgIpc) is 3.26. The first-order valence-electron chi connectivity index (χ1n) is 6.66. The Hall–Kier alpha value is -1.94. The molecule has 0 heterocycles. The Bertz CT molecular complexity index is 594. The minimum Gasteiger partial charge on any atom is -0.454 e. The van der Waals surface area contributed by atoms with Gasteiger partial charge in [0.25, 0.3) is 0 Å². The van der Waals surface area contributed by atoms with Gasteiger partial charge in [-0.1, -0.05) is 6.07 Å².